The highest BCUT2D eigenvalue weighted by molar-refractivity contribution is 9.10. The molecule has 0 saturated heterocycles. The SMILES string of the molecule is O=C(O)c1cc(Br)cc(F)c1NC(=O)C(F)(F)F. The molecular weight excluding hydrogens is 326 g/mol. The maximum Gasteiger partial charge on any atom is 0.471 e. The Morgan fingerprint density at radius 2 is 1.83 bits per heavy atom. The molecule has 98 valence electrons. The summed E-state index contributed by atoms with van der Waals surface area (Å²) >= 11 is 2.78. The van der Waals surface area contributed by atoms with Crippen LogP contribution < -0.4 is 5.32 Å². The Balaban J connectivity index is 3.24. The highest BCUT2D eigenvalue weighted by Gasteiger charge is 2.39. The molecule has 18 heavy (non-hydrogen) atoms. The van der Waals surface area contributed by atoms with E-state index in [1.54, 1.807) is 0 Å². The fourth-order valence-electron chi connectivity index (χ4n) is 1.05. The zero-order valence-corrected chi connectivity index (χ0v) is 9.89. The lowest BCUT2D eigenvalue weighted by molar-refractivity contribution is -0.167. The maximum absolute atomic E-state index is 13.3. The van der Waals surface area contributed by atoms with Crippen molar-refractivity contribution < 1.29 is 32.3 Å². The number of nitrogens with one attached hydrogen (secondary N) is 1. The molecule has 0 unspecified atom stereocenters. The molecule has 1 amide bonds. The minimum absolute atomic E-state index is 0.0161. The molecule has 1 aromatic carbocycles. The Labute approximate surface area is 106 Å². The fraction of sp³-hybridized carbons (Fsp3) is 0.111. The number of anilines is 1. The molecule has 0 fully saturated rings. The summed E-state index contributed by atoms with van der Waals surface area (Å²) in [5, 5.41) is 9.90. The predicted octanol–water partition coefficient (Wildman–Crippen LogP) is 2.79. The number of carboxylic acid groups (broad SMARTS) is 1. The van der Waals surface area contributed by atoms with Crippen LogP contribution in [-0.2, 0) is 4.79 Å². The van der Waals surface area contributed by atoms with Gasteiger partial charge in [-0.25, -0.2) is 9.18 Å². The summed E-state index contributed by atoms with van der Waals surface area (Å²) in [4.78, 5) is 21.4. The Hall–Kier alpha value is -1.64. The average Bonchev–Trinajstić information content (AvgIpc) is 2.19. The number of amides is 1. The van der Waals surface area contributed by atoms with Crippen LogP contribution in [0.15, 0.2) is 16.6 Å². The third-order valence-electron chi connectivity index (χ3n) is 1.78. The first kappa shape index (κ1) is 14.4. The van der Waals surface area contributed by atoms with E-state index in [1.165, 1.54) is 5.32 Å². The molecule has 4 nitrogen and oxygen atoms in total. The van der Waals surface area contributed by atoms with Gasteiger partial charge in [0.05, 0.1) is 11.3 Å². The summed E-state index contributed by atoms with van der Waals surface area (Å²) in [6.07, 6.45) is -5.24. The van der Waals surface area contributed by atoms with Crippen LogP contribution in [0.3, 0.4) is 0 Å². The first-order valence-corrected chi connectivity index (χ1v) is 5.02. The Morgan fingerprint density at radius 1 is 1.28 bits per heavy atom. The highest BCUT2D eigenvalue weighted by atomic mass is 79.9. The maximum atomic E-state index is 13.3. The molecule has 0 saturated carbocycles. The minimum atomic E-state index is -5.24. The Morgan fingerprint density at radius 3 is 2.28 bits per heavy atom. The zero-order chi connectivity index (χ0) is 14.1. The average molecular weight is 330 g/mol. The van der Waals surface area contributed by atoms with Crippen molar-refractivity contribution in [2.24, 2.45) is 0 Å². The van der Waals surface area contributed by atoms with Crippen LogP contribution >= 0.6 is 15.9 Å². The van der Waals surface area contributed by atoms with Crippen LogP contribution in [0.4, 0.5) is 23.2 Å². The quantitative estimate of drug-likeness (QED) is 0.820. The van der Waals surface area contributed by atoms with Crippen LogP contribution in [0.25, 0.3) is 0 Å². The van der Waals surface area contributed by atoms with E-state index >= 15 is 0 Å². The van der Waals surface area contributed by atoms with E-state index in [9.17, 15) is 27.2 Å². The van der Waals surface area contributed by atoms with E-state index in [-0.39, 0.29) is 4.47 Å². The molecule has 0 heterocycles. The minimum Gasteiger partial charge on any atom is -0.478 e. The largest absolute Gasteiger partial charge is 0.478 e. The summed E-state index contributed by atoms with van der Waals surface area (Å²) in [6, 6.07) is 1.61. The summed E-state index contributed by atoms with van der Waals surface area (Å²) in [6.45, 7) is 0. The van der Waals surface area contributed by atoms with Gasteiger partial charge in [0, 0.05) is 4.47 Å². The molecule has 0 radical (unpaired) electrons. The topological polar surface area (TPSA) is 66.4 Å². The normalized spacial score (nSPS) is 11.2. The molecule has 1 rings (SSSR count). The van der Waals surface area contributed by atoms with E-state index in [4.69, 9.17) is 5.11 Å². The van der Waals surface area contributed by atoms with Gasteiger partial charge < -0.3 is 10.4 Å². The molecule has 1 aromatic rings. The van der Waals surface area contributed by atoms with Gasteiger partial charge in [0.2, 0.25) is 0 Å². The third kappa shape index (κ3) is 3.19. The lowest BCUT2D eigenvalue weighted by Gasteiger charge is -2.11. The van der Waals surface area contributed by atoms with Crippen LogP contribution in [-0.4, -0.2) is 23.2 Å². The summed E-state index contributed by atoms with van der Waals surface area (Å²) in [5.41, 5.74) is -1.83. The van der Waals surface area contributed by atoms with Crippen molar-refractivity contribution in [3.8, 4) is 0 Å². The smallest absolute Gasteiger partial charge is 0.471 e. The number of rotatable bonds is 2. The standard InChI is InChI=1S/C9H4BrF4NO3/c10-3-1-4(7(16)17)6(5(11)2-3)15-8(18)9(12,13)14/h1-2H,(H,15,18)(H,16,17). The third-order valence-corrected chi connectivity index (χ3v) is 2.24. The number of alkyl halides is 3. The van der Waals surface area contributed by atoms with Crippen LogP contribution in [0, 0.1) is 5.82 Å². The first-order valence-electron chi connectivity index (χ1n) is 4.23. The fourth-order valence-corrected chi connectivity index (χ4v) is 1.48. The van der Waals surface area contributed by atoms with Crippen molar-refractivity contribution in [3.05, 3.63) is 28.0 Å². The molecule has 0 aliphatic heterocycles. The van der Waals surface area contributed by atoms with Gasteiger partial charge in [-0.2, -0.15) is 13.2 Å². The van der Waals surface area contributed by atoms with Crippen molar-refractivity contribution in [2.45, 2.75) is 6.18 Å². The summed E-state index contributed by atoms with van der Waals surface area (Å²) in [7, 11) is 0. The Bertz CT molecular complexity index is 515. The molecule has 0 aromatic heterocycles. The second-order valence-corrected chi connectivity index (χ2v) is 3.98. The van der Waals surface area contributed by atoms with Gasteiger partial charge in [0.15, 0.2) is 0 Å². The summed E-state index contributed by atoms with van der Waals surface area (Å²) in [5.74, 6) is -5.42. The van der Waals surface area contributed by atoms with Crippen molar-refractivity contribution in [3.63, 3.8) is 0 Å². The molecule has 2 N–H and O–H groups in total. The van der Waals surface area contributed by atoms with Crippen molar-refractivity contribution in [1.82, 2.24) is 0 Å². The molecular formula is C9H4BrF4NO3. The highest BCUT2D eigenvalue weighted by Crippen LogP contribution is 2.27. The van der Waals surface area contributed by atoms with Crippen molar-refractivity contribution in [1.29, 1.82) is 0 Å². The molecule has 0 aliphatic rings. The molecule has 0 spiro atoms. The van der Waals surface area contributed by atoms with E-state index in [2.05, 4.69) is 15.9 Å². The lowest BCUT2D eigenvalue weighted by Crippen LogP contribution is -2.31. The van der Waals surface area contributed by atoms with Gasteiger partial charge in [0.1, 0.15) is 5.82 Å². The first-order chi connectivity index (χ1) is 8.12. The van der Waals surface area contributed by atoms with Gasteiger partial charge in [0.25, 0.3) is 0 Å². The van der Waals surface area contributed by atoms with Gasteiger partial charge in [-0.3, -0.25) is 4.79 Å². The monoisotopic (exact) mass is 329 g/mol. The van der Waals surface area contributed by atoms with Gasteiger partial charge >= 0.3 is 18.1 Å². The summed E-state index contributed by atoms with van der Waals surface area (Å²) < 4.78 is 49.3. The van der Waals surface area contributed by atoms with Gasteiger partial charge in [-0.05, 0) is 12.1 Å². The molecule has 0 bridgehead atoms. The number of hydrogen-bond acceptors (Lipinski definition) is 2. The molecule has 0 atom stereocenters. The van der Waals surface area contributed by atoms with E-state index in [1.807, 2.05) is 0 Å². The lowest BCUT2D eigenvalue weighted by atomic mass is 10.1. The number of carboxylic acids is 1. The van der Waals surface area contributed by atoms with Crippen molar-refractivity contribution >= 4 is 33.5 Å². The van der Waals surface area contributed by atoms with Gasteiger partial charge in [-0.1, -0.05) is 15.9 Å². The number of benzene rings is 1. The van der Waals surface area contributed by atoms with Crippen LogP contribution in [0.5, 0.6) is 0 Å². The van der Waals surface area contributed by atoms with E-state index in [0.717, 1.165) is 12.1 Å². The number of aromatic carboxylic acids is 1. The van der Waals surface area contributed by atoms with Crippen LogP contribution in [0.2, 0.25) is 0 Å². The predicted molar refractivity (Wildman–Crippen MR) is 55.7 cm³/mol. The Kier molecular flexibility index (Phi) is 3.95. The van der Waals surface area contributed by atoms with Crippen LogP contribution in [0.1, 0.15) is 10.4 Å². The number of carbonyl (C=O) groups is 2. The number of hydrogen-bond donors (Lipinski definition) is 2. The number of carbonyl (C=O) groups excluding carboxylic acids is 1. The van der Waals surface area contributed by atoms with Crippen molar-refractivity contribution in [2.75, 3.05) is 5.32 Å². The van der Waals surface area contributed by atoms with Gasteiger partial charge in [-0.15, -0.1) is 0 Å². The second-order valence-electron chi connectivity index (χ2n) is 3.07. The number of halogens is 5. The second kappa shape index (κ2) is 4.92. The zero-order valence-electron chi connectivity index (χ0n) is 8.31. The molecule has 0 aliphatic carbocycles. The molecule has 9 heteroatoms. The van der Waals surface area contributed by atoms with E-state index < -0.39 is 35.1 Å². The van der Waals surface area contributed by atoms with E-state index in [0.29, 0.717) is 0 Å².